The van der Waals surface area contributed by atoms with Gasteiger partial charge in [0.2, 0.25) is 0 Å². The fourth-order valence-electron chi connectivity index (χ4n) is 3.86. The van der Waals surface area contributed by atoms with E-state index in [2.05, 4.69) is 28.7 Å². The van der Waals surface area contributed by atoms with Crippen LogP contribution in [0.1, 0.15) is 48.8 Å². The topological polar surface area (TPSA) is 65.1 Å². The van der Waals surface area contributed by atoms with Crippen molar-refractivity contribution in [1.82, 2.24) is 19.9 Å². The molecule has 0 radical (unpaired) electrons. The molecule has 1 aliphatic heterocycles. The second-order valence-electron chi connectivity index (χ2n) is 7.55. The Hall–Kier alpha value is -2.60. The van der Waals surface area contributed by atoms with E-state index in [9.17, 15) is 4.79 Å². The van der Waals surface area contributed by atoms with Crippen LogP contribution in [0.15, 0.2) is 36.5 Å². The smallest absolute Gasteiger partial charge is 0.257 e. The fourth-order valence-corrected chi connectivity index (χ4v) is 4.03. The number of hydrogen-bond donors (Lipinski definition) is 1. The molecule has 1 N–H and O–H groups in total. The van der Waals surface area contributed by atoms with Gasteiger partial charge in [0, 0.05) is 37.4 Å². The SMILES string of the molecule is CCCN(CCC)C(=O)c1cccnc1N1CC(c2nc3ccc(Cl)cc3[nH]2)C1. The molecule has 0 bridgehead atoms. The molecule has 7 heteroatoms. The Kier molecular flexibility index (Phi) is 5.72. The van der Waals surface area contributed by atoms with Crippen LogP contribution >= 0.6 is 11.6 Å². The van der Waals surface area contributed by atoms with Gasteiger partial charge in [0.15, 0.2) is 0 Å². The lowest BCUT2D eigenvalue weighted by Gasteiger charge is -2.40. The molecule has 1 saturated heterocycles. The predicted molar refractivity (Wildman–Crippen MR) is 117 cm³/mol. The van der Waals surface area contributed by atoms with E-state index in [0.29, 0.717) is 10.6 Å². The molecule has 29 heavy (non-hydrogen) atoms. The lowest BCUT2D eigenvalue weighted by molar-refractivity contribution is 0.0755. The van der Waals surface area contributed by atoms with Gasteiger partial charge in [0.25, 0.3) is 5.91 Å². The highest BCUT2D eigenvalue weighted by atomic mass is 35.5. The number of pyridine rings is 1. The summed E-state index contributed by atoms with van der Waals surface area (Å²) in [5, 5.41) is 0.697. The zero-order chi connectivity index (χ0) is 20.4. The number of benzene rings is 1. The van der Waals surface area contributed by atoms with Crippen molar-refractivity contribution in [3.05, 3.63) is 52.9 Å². The minimum Gasteiger partial charge on any atom is -0.354 e. The summed E-state index contributed by atoms with van der Waals surface area (Å²) in [6.07, 6.45) is 3.65. The summed E-state index contributed by atoms with van der Waals surface area (Å²) in [7, 11) is 0. The summed E-state index contributed by atoms with van der Waals surface area (Å²) in [6, 6.07) is 9.41. The average Bonchev–Trinajstić information content (AvgIpc) is 3.09. The molecule has 1 amide bonds. The fraction of sp³-hybridized carbons (Fsp3) is 0.409. The molecule has 1 fully saturated rings. The number of nitrogens with zero attached hydrogens (tertiary/aromatic N) is 4. The van der Waals surface area contributed by atoms with E-state index in [-0.39, 0.29) is 11.8 Å². The van der Waals surface area contributed by atoms with Crippen LogP contribution in [0.4, 0.5) is 5.82 Å². The Bertz CT molecular complexity index is 1010. The quantitative estimate of drug-likeness (QED) is 0.622. The van der Waals surface area contributed by atoms with E-state index >= 15 is 0 Å². The zero-order valence-electron chi connectivity index (χ0n) is 16.9. The molecule has 2 aromatic heterocycles. The van der Waals surface area contributed by atoms with Crippen LogP contribution in [0.3, 0.4) is 0 Å². The summed E-state index contributed by atoms with van der Waals surface area (Å²) >= 11 is 6.08. The number of nitrogens with one attached hydrogen (secondary N) is 1. The minimum absolute atomic E-state index is 0.0682. The van der Waals surface area contributed by atoms with Crippen LogP contribution in [0.5, 0.6) is 0 Å². The maximum absolute atomic E-state index is 13.1. The molecule has 0 unspecified atom stereocenters. The molecule has 1 aromatic carbocycles. The molecule has 0 saturated carbocycles. The molecule has 6 nitrogen and oxygen atoms in total. The molecule has 0 atom stereocenters. The molecule has 3 heterocycles. The van der Waals surface area contributed by atoms with Crippen LogP contribution < -0.4 is 4.90 Å². The van der Waals surface area contributed by atoms with Crippen LogP contribution in [-0.2, 0) is 0 Å². The third-order valence-corrected chi connectivity index (χ3v) is 5.56. The molecular weight excluding hydrogens is 386 g/mol. The van der Waals surface area contributed by atoms with Crippen molar-refractivity contribution in [3.63, 3.8) is 0 Å². The maximum atomic E-state index is 13.1. The number of rotatable bonds is 7. The van der Waals surface area contributed by atoms with Crippen LogP contribution in [-0.4, -0.2) is 51.9 Å². The highest BCUT2D eigenvalue weighted by Gasteiger charge is 2.34. The van der Waals surface area contributed by atoms with Crippen molar-refractivity contribution in [2.75, 3.05) is 31.1 Å². The van der Waals surface area contributed by atoms with Gasteiger partial charge < -0.3 is 14.8 Å². The lowest BCUT2D eigenvalue weighted by Crippen LogP contribution is -2.47. The molecule has 0 spiro atoms. The van der Waals surface area contributed by atoms with Gasteiger partial charge >= 0.3 is 0 Å². The zero-order valence-corrected chi connectivity index (χ0v) is 17.6. The molecular formula is C22H26ClN5O. The summed E-state index contributed by atoms with van der Waals surface area (Å²) in [4.78, 5) is 29.8. The Labute approximate surface area is 175 Å². The normalized spacial score (nSPS) is 14.2. The molecule has 4 rings (SSSR count). The standard InChI is InChI=1S/C22H26ClN5O/c1-3-10-27(11-4-2)22(29)17-6-5-9-24-21(17)28-13-15(14-28)20-25-18-8-7-16(23)12-19(18)26-20/h5-9,12,15H,3-4,10-11,13-14H2,1-2H3,(H,25,26). The van der Waals surface area contributed by atoms with Crippen molar-refractivity contribution >= 4 is 34.4 Å². The second kappa shape index (κ2) is 8.41. The van der Waals surface area contributed by atoms with Gasteiger partial charge in [0.1, 0.15) is 11.6 Å². The number of aromatic amines is 1. The van der Waals surface area contributed by atoms with Crippen molar-refractivity contribution < 1.29 is 4.79 Å². The van der Waals surface area contributed by atoms with E-state index in [0.717, 1.165) is 61.7 Å². The summed E-state index contributed by atoms with van der Waals surface area (Å²) in [5.74, 6) is 2.08. The Morgan fingerprint density at radius 3 is 2.72 bits per heavy atom. The number of fused-ring (bicyclic) bond motifs is 1. The van der Waals surface area contributed by atoms with Crippen LogP contribution in [0.25, 0.3) is 11.0 Å². The first kappa shape index (κ1) is 19.7. The van der Waals surface area contributed by atoms with Gasteiger partial charge in [0.05, 0.1) is 22.5 Å². The first-order chi connectivity index (χ1) is 14.1. The van der Waals surface area contributed by atoms with Crippen LogP contribution in [0.2, 0.25) is 5.02 Å². The number of imidazole rings is 1. The third-order valence-electron chi connectivity index (χ3n) is 5.32. The largest absolute Gasteiger partial charge is 0.354 e. The number of carbonyl (C=O) groups is 1. The monoisotopic (exact) mass is 411 g/mol. The van der Waals surface area contributed by atoms with Gasteiger partial charge in [-0.15, -0.1) is 0 Å². The van der Waals surface area contributed by atoms with Gasteiger partial charge in [-0.1, -0.05) is 25.4 Å². The lowest BCUT2D eigenvalue weighted by atomic mass is 9.98. The number of carbonyl (C=O) groups excluding carboxylic acids is 1. The first-order valence-corrected chi connectivity index (χ1v) is 10.6. The van der Waals surface area contributed by atoms with Crippen molar-refractivity contribution in [1.29, 1.82) is 0 Å². The van der Waals surface area contributed by atoms with Crippen LogP contribution in [0, 0.1) is 0 Å². The van der Waals surface area contributed by atoms with E-state index < -0.39 is 0 Å². The van der Waals surface area contributed by atoms with Gasteiger partial charge in [-0.3, -0.25) is 4.79 Å². The van der Waals surface area contributed by atoms with Crippen molar-refractivity contribution in [3.8, 4) is 0 Å². The average molecular weight is 412 g/mol. The summed E-state index contributed by atoms with van der Waals surface area (Å²) in [5.41, 5.74) is 2.56. The maximum Gasteiger partial charge on any atom is 0.257 e. The Morgan fingerprint density at radius 1 is 1.24 bits per heavy atom. The van der Waals surface area contributed by atoms with E-state index in [1.54, 1.807) is 6.20 Å². The summed E-state index contributed by atoms with van der Waals surface area (Å²) in [6.45, 7) is 7.30. The third kappa shape index (κ3) is 3.94. The van der Waals surface area contributed by atoms with Gasteiger partial charge in [-0.05, 0) is 43.2 Å². The highest BCUT2D eigenvalue weighted by molar-refractivity contribution is 6.31. The summed E-state index contributed by atoms with van der Waals surface area (Å²) < 4.78 is 0. The molecule has 3 aromatic rings. The number of halogens is 1. The minimum atomic E-state index is 0.0682. The number of H-pyrrole nitrogens is 1. The predicted octanol–water partition coefficient (Wildman–Crippen LogP) is 4.48. The number of aromatic nitrogens is 3. The van der Waals surface area contributed by atoms with E-state index in [4.69, 9.17) is 16.6 Å². The molecule has 0 aliphatic carbocycles. The van der Waals surface area contributed by atoms with E-state index in [1.165, 1.54) is 0 Å². The number of amides is 1. The van der Waals surface area contributed by atoms with Crippen molar-refractivity contribution in [2.45, 2.75) is 32.6 Å². The molecule has 1 aliphatic rings. The second-order valence-corrected chi connectivity index (χ2v) is 7.99. The molecule has 152 valence electrons. The van der Waals surface area contributed by atoms with Crippen molar-refractivity contribution in [2.24, 2.45) is 0 Å². The Morgan fingerprint density at radius 2 is 2.00 bits per heavy atom. The van der Waals surface area contributed by atoms with Gasteiger partial charge in [-0.25, -0.2) is 9.97 Å². The van der Waals surface area contributed by atoms with Gasteiger partial charge in [-0.2, -0.15) is 0 Å². The Balaban J connectivity index is 1.51. The first-order valence-electron chi connectivity index (χ1n) is 10.2. The van der Waals surface area contributed by atoms with E-state index in [1.807, 2.05) is 35.2 Å². The number of anilines is 1. The number of hydrogen-bond acceptors (Lipinski definition) is 4. The highest BCUT2D eigenvalue weighted by Crippen LogP contribution is 2.32.